The van der Waals surface area contributed by atoms with Gasteiger partial charge in [0.15, 0.2) is 0 Å². The van der Waals surface area contributed by atoms with Gasteiger partial charge in [0.25, 0.3) is 5.91 Å². The Labute approximate surface area is 128 Å². The van der Waals surface area contributed by atoms with Gasteiger partial charge in [-0.15, -0.1) is 0 Å². The highest BCUT2D eigenvalue weighted by Gasteiger charge is 2.09. The molecule has 2 aromatic carbocycles. The summed E-state index contributed by atoms with van der Waals surface area (Å²) in [5.74, 6) is -0.230. The second kappa shape index (κ2) is 6.18. The molecule has 0 atom stereocenters. The number of aromatic nitrogens is 1. The molecule has 1 N–H and O–H groups in total. The van der Waals surface area contributed by atoms with Crippen molar-refractivity contribution >= 4 is 22.4 Å². The van der Waals surface area contributed by atoms with Crippen LogP contribution in [0.1, 0.15) is 23.0 Å². The van der Waals surface area contributed by atoms with Crippen LogP contribution in [-0.4, -0.2) is 16.6 Å². The number of hydrazone groups is 1. The standard InChI is InChI=1S/C18H15N3O/c1-13(17-11-4-5-12-19-17)20-21-18(22)16-10-6-8-14-7-2-3-9-15(14)16/h2-12H,1H3,(H,21,22)/b20-13-. The van der Waals surface area contributed by atoms with Gasteiger partial charge in [-0.25, -0.2) is 5.43 Å². The molecule has 108 valence electrons. The van der Waals surface area contributed by atoms with E-state index in [2.05, 4.69) is 15.5 Å². The Morgan fingerprint density at radius 2 is 1.77 bits per heavy atom. The molecule has 3 rings (SSSR count). The number of pyridine rings is 1. The van der Waals surface area contributed by atoms with Crippen LogP contribution in [0, 0.1) is 0 Å². The van der Waals surface area contributed by atoms with Crippen molar-refractivity contribution in [3.05, 3.63) is 78.1 Å². The molecule has 0 saturated carbocycles. The number of nitrogens with zero attached hydrogens (tertiary/aromatic N) is 2. The SMILES string of the molecule is C/C(=N/NC(=O)c1cccc2ccccc12)c1ccccn1. The Morgan fingerprint density at radius 3 is 2.59 bits per heavy atom. The van der Waals surface area contributed by atoms with Gasteiger partial charge in [0, 0.05) is 11.8 Å². The van der Waals surface area contributed by atoms with E-state index in [0.29, 0.717) is 11.3 Å². The zero-order chi connectivity index (χ0) is 15.4. The third-order valence-electron chi connectivity index (χ3n) is 3.39. The summed E-state index contributed by atoms with van der Waals surface area (Å²) in [4.78, 5) is 16.6. The van der Waals surface area contributed by atoms with E-state index in [1.807, 2.05) is 61.5 Å². The van der Waals surface area contributed by atoms with E-state index in [1.165, 1.54) is 0 Å². The van der Waals surface area contributed by atoms with E-state index < -0.39 is 0 Å². The molecular weight excluding hydrogens is 274 g/mol. The number of amides is 1. The number of carbonyl (C=O) groups excluding carboxylic acids is 1. The van der Waals surface area contributed by atoms with Crippen molar-refractivity contribution in [2.75, 3.05) is 0 Å². The highest BCUT2D eigenvalue weighted by Crippen LogP contribution is 2.18. The van der Waals surface area contributed by atoms with Crippen molar-refractivity contribution in [3.63, 3.8) is 0 Å². The molecule has 0 spiro atoms. The van der Waals surface area contributed by atoms with Crippen molar-refractivity contribution in [2.45, 2.75) is 6.92 Å². The topological polar surface area (TPSA) is 54.4 Å². The minimum absolute atomic E-state index is 0.230. The first-order valence-electron chi connectivity index (χ1n) is 6.99. The predicted octanol–water partition coefficient (Wildman–Crippen LogP) is 3.39. The lowest BCUT2D eigenvalue weighted by Gasteiger charge is -2.06. The van der Waals surface area contributed by atoms with E-state index in [4.69, 9.17) is 0 Å². The molecule has 22 heavy (non-hydrogen) atoms. The predicted molar refractivity (Wildman–Crippen MR) is 87.9 cm³/mol. The van der Waals surface area contributed by atoms with E-state index in [0.717, 1.165) is 16.5 Å². The zero-order valence-corrected chi connectivity index (χ0v) is 12.2. The highest BCUT2D eigenvalue weighted by molar-refractivity contribution is 6.07. The minimum Gasteiger partial charge on any atom is -0.267 e. The Morgan fingerprint density at radius 1 is 1.00 bits per heavy atom. The normalized spacial score (nSPS) is 11.4. The molecule has 4 heteroatoms. The number of hydrogen-bond donors (Lipinski definition) is 1. The summed E-state index contributed by atoms with van der Waals surface area (Å²) in [5.41, 5.74) is 4.60. The fraction of sp³-hybridized carbons (Fsp3) is 0.0556. The summed E-state index contributed by atoms with van der Waals surface area (Å²) in [6.07, 6.45) is 1.70. The number of benzene rings is 2. The number of hydrogen-bond acceptors (Lipinski definition) is 3. The molecule has 0 aliphatic rings. The molecule has 4 nitrogen and oxygen atoms in total. The average Bonchev–Trinajstić information content (AvgIpc) is 2.59. The lowest BCUT2D eigenvalue weighted by molar-refractivity contribution is 0.0956. The average molecular weight is 289 g/mol. The fourth-order valence-corrected chi connectivity index (χ4v) is 2.25. The Balaban J connectivity index is 1.85. The van der Waals surface area contributed by atoms with E-state index in [-0.39, 0.29) is 5.91 Å². The van der Waals surface area contributed by atoms with E-state index in [1.54, 1.807) is 12.3 Å². The van der Waals surface area contributed by atoms with Crippen LogP contribution < -0.4 is 5.43 Å². The van der Waals surface area contributed by atoms with E-state index >= 15 is 0 Å². The Kier molecular flexibility index (Phi) is 3.92. The maximum absolute atomic E-state index is 12.4. The molecule has 1 heterocycles. The molecule has 0 aliphatic carbocycles. The first-order valence-corrected chi connectivity index (χ1v) is 6.99. The summed E-state index contributed by atoms with van der Waals surface area (Å²) < 4.78 is 0. The van der Waals surface area contributed by atoms with Crippen LogP contribution in [0.2, 0.25) is 0 Å². The smallest absolute Gasteiger partial charge is 0.267 e. The molecular formula is C18H15N3O. The summed E-state index contributed by atoms with van der Waals surface area (Å²) in [6, 6.07) is 19.0. The lowest BCUT2D eigenvalue weighted by atomic mass is 10.0. The Hall–Kier alpha value is -3.01. The molecule has 1 aromatic heterocycles. The Bertz CT molecular complexity index is 836. The van der Waals surface area contributed by atoms with Gasteiger partial charge in [-0.2, -0.15) is 5.10 Å². The van der Waals surface area contributed by atoms with Crippen LogP contribution in [0.5, 0.6) is 0 Å². The van der Waals surface area contributed by atoms with Crippen LogP contribution in [0.4, 0.5) is 0 Å². The molecule has 0 aliphatic heterocycles. The van der Waals surface area contributed by atoms with Crippen molar-refractivity contribution in [1.29, 1.82) is 0 Å². The van der Waals surface area contributed by atoms with Gasteiger partial charge in [-0.05, 0) is 35.9 Å². The summed E-state index contributed by atoms with van der Waals surface area (Å²) in [5, 5.41) is 6.07. The highest BCUT2D eigenvalue weighted by atomic mass is 16.2. The van der Waals surface area contributed by atoms with Gasteiger partial charge in [-0.3, -0.25) is 9.78 Å². The second-order valence-electron chi connectivity index (χ2n) is 4.88. The van der Waals surface area contributed by atoms with Crippen molar-refractivity contribution in [3.8, 4) is 0 Å². The quantitative estimate of drug-likeness (QED) is 0.593. The second-order valence-corrected chi connectivity index (χ2v) is 4.88. The van der Waals surface area contributed by atoms with Gasteiger partial charge < -0.3 is 0 Å². The summed E-state index contributed by atoms with van der Waals surface area (Å²) in [6.45, 7) is 1.81. The van der Waals surface area contributed by atoms with Gasteiger partial charge >= 0.3 is 0 Å². The maximum Gasteiger partial charge on any atom is 0.272 e. The molecule has 0 bridgehead atoms. The number of carbonyl (C=O) groups is 1. The van der Waals surface area contributed by atoms with Gasteiger partial charge in [0.1, 0.15) is 0 Å². The number of nitrogens with one attached hydrogen (secondary N) is 1. The third-order valence-corrected chi connectivity index (χ3v) is 3.39. The first kappa shape index (κ1) is 13.9. The molecule has 3 aromatic rings. The summed E-state index contributed by atoms with van der Waals surface area (Å²) in [7, 11) is 0. The summed E-state index contributed by atoms with van der Waals surface area (Å²) >= 11 is 0. The molecule has 1 amide bonds. The van der Waals surface area contributed by atoms with Gasteiger partial charge in [0.05, 0.1) is 11.4 Å². The van der Waals surface area contributed by atoms with Crippen LogP contribution in [0.3, 0.4) is 0 Å². The zero-order valence-electron chi connectivity index (χ0n) is 12.2. The molecule has 0 fully saturated rings. The van der Waals surface area contributed by atoms with Gasteiger partial charge in [0.2, 0.25) is 0 Å². The lowest BCUT2D eigenvalue weighted by Crippen LogP contribution is -2.19. The van der Waals surface area contributed by atoms with Crippen LogP contribution >= 0.6 is 0 Å². The largest absolute Gasteiger partial charge is 0.272 e. The van der Waals surface area contributed by atoms with Crippen LogP contribution in [0.15, 0.2) is 72.0 Å². The fourth-order valence-electron chi connectivity index (χ4n) is 2.25. The van der Waals surface area contributed by atoms with Crippen molar-refractivity contribution in [2.24, 2.45) is 5.10 Å². The number of rotatable bonds is 3. The van der Waals surface area contributed by atoms with Crippen LogP contribution in [0.25, 0.3) is 10.8 Å². The molecule has 0 radical (unpaired) electrons. The van der Waals surface area contributed by atoms with Crippen molar-refractivity contribution < 1.29 is 4.79 Å². The van der Waals surface area contributed by atoms with Crippen molar-refractivity contribution in [1.82, 2.24) is 10.4 Å². The monoisotopic (exact) mass is 289 g/mol. The third kappa shape index (κ3) is 2.86. The minimum atomic E-state index is -0.230. The molecule has 0 unspecified atom stereocenters. The maximum atomic E-state index is 12.4. The number of fused-ring (bicyclic) bond motifs is 1. The molecule has 0 saturated heterocycles. The first-order chi connectivity index (χ1) is 10.8. The van der Waals surface area contributed by atoms with Crippen LogP contribution in [-0.2, 0) is 0 Å². The van der Waals surface area contributed by atoms with E-state index in [9.17, 15) is 4.79 Å². The van der Waals surface area contributed by atoms with Gasteiger partial charge in [-0.1, -0.05) is 42.5 Å².